The fourth-order valence-electron chi connectivity index (χ4n) is 3.60. The molecule has 1 fully saturated rings. The number of rotatable bonds is 3. The van der Waals surface area contributed by atoms with Gasteiger partial charge in [-0.1, -0.05) is 6.07 Å². The molecule has 1 heterocycles. The molecule has 4 heteroatoms. The zero-order chi connectivity index (χ0) is 14.8. The average Bonchev–Trinajstić information content (AvgIpc) is 2.48. The van der Waals surface area contributed by atoms with Crippen molar-refractivity contribution < 1.29 is 5.11 Å². The second-order valence-electron chi connectivity index (χ2n) is 6.63. The van der Waals surface area contributed by atoms with Gasteiger partial charge in [0.05, 0.1) is 0 Å². The van der Waals surface area contributed by atoms with Crippen molar-refractivity contribution in [3.63, 3.8) is 0 Å². The van der Waals surface area contributed by atoms with Gasteiger partial charge in [-0.25, -0.2) is 0 Å². The third kappa shape index (κ3) is 3.39. The van der Waals surface area contributed by atoms with E-state index >= 15 is 0 Å². The molecule has 1 aliphatic carbocycles. The van der Waals surface area contributed by atoms with Crippen molar-refractivity contribution in [1.82, 2.24) is 15.1 Å². The monoisotopic (exact) mass is 289 g/mol. The van der Waals surface area contributed by atoms with E-state index in [-0.39, 0.29) is 0 Å². The van der Waals surface area contributed by atoms with Gasteiger partial charge in [0.15, 0.2) is 0 Å². The van der Waals surface area contributed by atoms with Crippen LogP contribution in [0.25, 0.3) is 0 Å². The molecule has 1 saturated heterocycles. The fourth-order valence-corrected chi connectivity index (χ4v) is 3.60. The number of benzene rings is 1. The van der Waals surface area contributed by atoms with Gasteiger partial charge in [0.25, 0.3) is 0 Å². The van der Waals surface area contributed by atoms with E-state index < -0.39 is 0 Å². The minimum Gasteiger partial charge on any atom is -0.508 e. The third-order valence-electron chi connectivity index (χ3n) is 5.02. The summed E-state index contributed by atoms with van der Waals surface area (Å²) in [5, 5.41) is 13.5. The van der Waals surface area contributed by atoms with E-state index in [1.165, 1.54) is 24.0 Å². The Bertz CT molecular complexity index is 491. The summed E-state index contributed by atoms with van der Waals surface area (Å²) in [6.07, 6.45) is 3.54. The van der Waals surface area contributed by atoms with Crippen LogP contribution in [-0.2, 0) is 6.42 Å². The molecule has 1 aromatic carbocycles. The maximum atomic E-state index is 9.76. The van der Waals surface area contributed by atoms with Gasteiger partial charge in [0, 0.05) is 38.3 Å². The quantitative estimate of drug-likeness (QED) is 0.887. The summed E-state index contributed by atoms with van der Waals surface area (Å²) in [5.41, 5.74) is 2.69. The highest BCUT2D eigenvalue weighted by molar-refractivity contribution is 5.38. The molecule has 3 rings (SSSR count). The molecule has 0 spiro atoms. The Kier molecular flexibility index (Phi) is 4.48. The van der Waals surface area contributed by atoms with Crippen molar-refractivity contribution in [2.24, 2.45) is 0 Å². The van der Waals surface area contributed by atoms with Crippen LogP contribution in [0.2, 0.25) is 0 Å². The summed E-state index contributed by atoms with van der Waals surface area (Å²) in [7, 11) is 4.42. The number of phenols is 1. The number of aryl methyl sites for hydroxylation is 1. The van der Waals surface area contributed by atoms with Gasteiger partial charge in [-0.2, -0.15) is 0 Å². The van der Waals surface area contributed by atoms with Gasteiger partial charge in [-0.3, -0.25) is 4.90 Å². The first-order valence-electron chi connectivity index (χ1n) is 8.07. The lowest BCUT2D eigenvalue weighted by Crippen LogP contribution is -2.54. The van der Waals surface area contributed by atoms with Crippen LogP contribution in [0.4, 0.5) is 0 Å². The first-order valence-corrected chi connectivity index (χ1v) is 8.07. The number of piperazine rings is 1. The molecule has 2 aliphatic rings. The number of aromatic hydroxyl groups is 1. The maximum absolute atomic E-state index is 9.76. The van der Waals surface area contributed by atoms with Crippen LogP contribution in [0.3, 0.4) is 0 Å². The second kappa shape index (κ2) is 6.34. The first-order chi connectivity index (χ1) is 10.1. The lowest BCUT2D eigenvalue weighted by molar-refractivity contribution is 0.111. The molecular formula is C17H27N3O. The van der Waals surface area contributed by atoms with E-state index in [0.717, 1.165) is 32.6 Å². The minimum absolute atomic E-state index is 0.386. The molecule has 4 nitrogen and oxygen atoms in total. The Labute approximate surface area is 127 Å². The molecule has 1 aromatic rings. The number of nitrogens with one attached hydrogen (secondary N) is 1. The van der Waals surface area contributed by atoms with Crippen molar-refractivity contribution in [3.05, 3.63) is 29.3 Å². The van der Waals surface area contributed by atoms with E-state index in [1.807, 2.05) is 12.1 Å². The van der Waals surface area contributed by atoms with Gasteiger partial charge in [0.1, 0.15) is 5.75 Å². The highest BCUT2D eigenvalue weighted by atomic mass is 16.3. The van der Waals surface area contributed by atoms with E-state index in [2.05, 4.69) is 35.3 Å². The zero-order valence-corrected chi connectivity index (χ0v) is 13.2. The standard InChI is InChI=1S/C17H27N3O/c1-19-8-9-20(2)14(12-19)11-18-17-5-3-4-13-6-7-15(21)10-16(13)17/h6-7,10,14,17-18,21H,3-5,8-9,11-12H2,1-2H3. The number of hydrogen-bond donors (Lipinski definition) is 2. The van der Waals surface area contributed by atoms with E-state index in [0.29, 0.717) is 17.8 Å². The van der Waals surface area contributed by atoms with Crippen molar-refractivity contribution in [3.8, 4) is 5.75 Å². The van der Waals surface area contributed by atoms with Crippen LogP contribution < -0.4 is 5.32 Å². The highest BCUT2D eigenvalue weighted by Gasteiger charge is 2.25. The van der Waals surface area contributed by atoms with Crippen LogP contribution in [0.5, 0.6) is 5.75 Å². The smallest absolute Gasteiger partial charge is 0.115 e. The number of nitrogens with zero attached hydrogens (tertiary/aromatic N) is 2. The summed E-state index contributed by atoms with van der Waals surface area (Å²) in [6.45, 7) is 4.45. The molecule has 0 bridgehead atoms. The molecule has 0 radical (unpaired) electrons. The number of fused-ring (bicyclic) bond motifs is 1. The Hall–Kier alpha value is -1.10. The number of likely N-dealkylation sites (N-methyl/N-ethyl adjacent to an activating group) is 2. The zero-order valence-electron chi connectivity index (χ0n) is 13.2. The first kappa shape index (κ1) is 14.8. The average molecular weight is 289 g/mol. The molecule has 1 aliphatic heterocycles. The lowest BCUT2D eigenvalue weighted by Gasteiger charge is -2.39. The Balaban J connectivity index is 1.65. The van der Waals surface area contributed by atoms with Crippen molar-refractivity contribution in [2.75, 3.05) is 40.3 Å². The van der Waals surface area contributed by atoms with Gasteiger partial charge in [-0.15, -0.1) is 0 Å². The van der Waals surface area contributed by atoms with Crippen molar-refractivity contribution in [1.29, 1.82) is 0 Å². The van der Waals surface area contributed by atoms with Gasteiger partial charge >= 0.3 is 0 Å². The van der Waals surface area contributed by atoms with Crippen LogP contribution in [0, 0.1) is 0 Å². The van der Waals surface area contributed by atoms with Crippen molar-refractivity contribution >= 4 is 0 Å². The molecule has 21 heavy (non-hydrogen) atoms. The molecular weight excluding hydrogens is 262 g/mol. The summed E-state index contributed by atoms with van der Waals surface area (Å²) >= 11 is 0. The van der Waals surface area contributed by atoms with Crippen molar-refractivity contribution in [2.45, 2.75) is 31.3 Å². The van der Waals surface area contributed by atoms with Crippen LogP contribution >= 0.6 is 0 Å². The Morgan fingerprint density at radius 1 is 1.29 bits per heavy atom. The summed E-state index contributed by atoms with van der Waals surface area (Å²) in [6, 6.07) is 6.81. The molecule has 0 aromatic heterocycles. The highest BCUT2D eigenvalue weighted by Crippen LogP contribution is 2.32. The molecule has 0 saturated carbocycles. The second-order valence-corrected chi connectivity index (χ2v) is 6.63. The SMILES string of the molecule is CN1CCN(C)C(CNC2CCCc3ccc(O)cc32)C1. The van der Waals surface area contributed by atoms with E-state index in [9.17, 15) is 5.11 Å². The Morgan fingerprint density at radius 2 is 2.14 bits per heavy atom. The van der Waals surface area contributed by atoms with Crippen LogP contribution in [-0.4, -0.2) is 61.2 Å². The molecule has 2 N–H and O–H groups in total. The number of hydrogen-bond acceptors (Lipinski definition) is 4. The Morgan fingerprint density at radius 3 is 3.00 bits per heavy atom. The topological polar surface area (TPSA) is 38.7 Å². The third-order valence-corrected chi connectivity index (χ3v) is 5.02. The largest absolute Gasteiger partial charge is 0.508 e. The van der Waals surface area contributed by atoms with Gasteiger partial charge < -0.3 is 15.3 Å². The van der Waals surface area contributed by atoms with Gasteiger partial charge in [-0.05, 0) is 56.6 Å². The van der Waals surface area contributed by atoms with E-state index in [4.69, 9.17) is 0 Å². The molecule has 116 valence electrons. The number of phenolic OH excluding ortho intramolecular Hbond substituents is 1. The minimum atomic E-state index is 0.386. The summed E-state index contributed by atoms with van der Waals surface area (Å²) < 4.78 is 0. The normalized spacial score (nSPS) is 27.5. The lowest BCUT2D eigenvalue weighted by atomic mass is 9.87. The maximum Gasteiger partial charge on any atom is 0.115 e. The fraction of sp³-hybridized carbons (Fsp3) is 0.647. The van der Waals surface area contributed by atoms with Crippen LogP contribution in [0.15, 0.2) is 18.2 Å². The summed E-state index contributed by atoms with van der Waals surface area (Å²) in [4.78, 5) is 4.87. The van der Waals surface area contributed by atoms with Crippen LogP contribution in [0.1, 0.15) is 30.0 Å². The molecule has 2 atom stereocenters. The molecule has 0 amide bonds. The van der Waals surface area contributed by atoms with Gasteiger partial charge in [0.2, 0.25) is 0 Å². The predicted molar refractivity (Wildman–Crippen MR) is 85.7 cm³/mol. The molecule has 2 unspecified atom stereocenters. The predicted octanol–water partition coefficient (Wildman–Crippen LogP) is 1.60. The summed E-state index contributed by atoms with van der Waals surface area (Å²) in [5.74, 6) is 0.386. The van der Waals surface area contributed by atoms with E-state index in [1.54, 1.807) is 0 Å².